The van der Waals surface area contributed by atoms with Gasteiger partial charge in [0.05, 0.1) is 18.5 Å². The topological polar surface area (TPSA) is 70.6 Å². The van der Waals surface area contributed by atoms with Crippen molar-refractivity contribution in [1.82, 2.24) is 15.1 Å². The molecule has 1 fully saturated rings. The van der Waals surface area contributed by atoms with E-state index in [0.29, 0.717) is 26.2 Å². The first-order chi connectivity index (χ1) is 15.0. The number of urea groups is 1. The van der Waals surface area contributed by atoms with Crippen molar-refractivity contribution in [2.45, 2.75) is 0 Å². The van der Waals surface area contributed by atoms with Crippen LogP contribution in [-0.2, 0) is 0 Å². The lowest BCUT2D eigenvalue weighted by Crippen LogP contribution is -2.50. The summed E-state index contributed by atoms with van der Waals surface area (Å²) in [6.45, 7) is 2.01. The van der Waals surface area contributed by atoms with Gasteiger partial charge in [-0.2, -0.15) is 0 Å². The molecule has 2 amide bonds. The van der Waals surface area contributed by atoms with E-state index in [-0.39, 0.29) is 5.69 Å². The molecule has 7 nitrogen and oxygen atoms in total. The number of carbonyl (C=O) groups is 1. The highest BCUT2D eigenvalue weighted by molar-refractivity contribution is 5.89. The molecule has 0 bridgehead atoms. The summed E-state index contributed by atoms with van der Waals surface area (Å²) in [4.78, 5) is 16.0. The number of amides is 2. The predicted octanol–water partition coefficient (Wildman–Crippen LogP) is 3.78. The third-order valence-corrected chi connectivity index (χ3v) is 5.10. The molecular formula is C22H21F2N5O2. The van der Waals surface area contributed by atoms with E-state index >= 15 is 0 Å². The van der Waals surface area contributed by atoms with Crippen LogP contribution in [0.1, 0.15) is 0 Å². The summed E-state index contributed by atoms with van der Waals surface area (Å²) in [6, 6.07) is 14.0. The van der Waals surface area contributed by atoms with Crippen LogP contribution in [0, 0.1) is 11.6 Å². The van der Waals surface area contributed by atoms with E-state index in [1.807, 2.05) is 41.3 Å². The summed E-state index contributed by atoms with van der Waals surface area (Å²) >= 11 is 0. The lowest BCUT2D eigenvalue weighted by atomic mass is 10.1. The smallest absolute Gasteiger partial charge is 0.322 e. The first-order valence-corrected chi connectivity index (χ1v) is 9.77. The fourth-order valence-corrected chi connectivity index (χ4v) is 3.33. The number of hydrogen-bond donors (Lipinski definition) is 1. The Kier molecular flexibility index (Phi) is 5.92. The zero-order chi connectivity index (χ0) is 21.8. The number of carbonyl (C=O) groups excluding carboxylic acids is 1. The second-order valence-corrected chi connectivity index (χ2v) is 7.03. The SMILES string of the molecule is COc1ccc(-c2ccc(N3CCN(C(=O)Nc4ccc(F)cc4F)CC3)nn2)cc1. The van der Waals surface area contributed by atoms with Gasteiger partial charge < -0.3 is 19.9 Å². The number of rotatable bonds is 4. The Balaban J connectivity index is 1.34. The number of nitrogens with one attached hydrogen (secondary N) is 1. The average molecular weight is 425 g/mol. The van der Waals surface area contributed by atoms with Crippen molar-refractivity contribution in [2.75, 3.05) is 43.5 Å². The van der Waals surface area contributed by atoms with Crippen LogP contribution >= 0.6 is 0 Å². The lowest BCUT2D eigenvalue weighted by Gasteiger charge is -2.35. The largest absolute Gasteiger partial charge is 0.497 e. The molecule has 0 saturated carbocycles. The van der Waals surface area contributed by atoms with Crippen molar-refractivity contribution in [3.8, 4) is 17.0 Å². The molecule has 0 atom stereocenters. The van der Waals surface area contributed by atoms with Crippen LogP contribution in [0.2, 0.25) is 0 Å². The number of anilines is 2. The van der Waals surface area contributed by atoms with Gasteiger partial charge in [0.15, 0.2) is 5.82 Å². The Labute approximate surface area is 178 Å². The third kappa shape index (κ3) is 4.71. The van der Waals surface area contributed by atoms with Crippen molar-refractivity contribution in [2.24, 2.45) is 0 Å². The number of hydrogen-bond acceptors (Lipinski definition) is 5. The lowest BCUT2D eigenvalue weighted by molar-refractivity contribution is 0.208. The molecule has 0 unspecified atom stereocenters. The number of aromatic nitrogens is 2. The molecule has 31 heavy (non-hydrogen) atoms. The predicted molar refractivity (Wildman–Crippen MR) is 113 cm³/mol. The van der Waals surface area contributed by atoms with Gasteiger partial charge in [-0.05, 0) is 48.5 Å². The number of piperazine rings is 1. The Hall–Kier alpha value is -3.75. The third-order valence-electron chi connectivity index (χ3n) is 5.10. The number of benzene rings is 2. The summed E-state index contributed by atoms with van der Waals surface area (Å²) in [5, 5.41) is 11.1. The minimum Gasteiger partial charge on any atom is -0.497 e. The first kappa shape index (κ1) is 20.5. The van der Waals surface area contributed by atoms with E-state index in [1.54, 1.807) is 12.0 Å². The van der Waals surface area contributed by atoms with Crippen LogP contribution < -0.4 is 15.0 Å². The van der Waals surface area contributed by atoms with Crippen LogP contribution in [0.15, 0.2) is 54.6 Å². The normalized spacial score (nSPS) is 13.8. The highest BCUT2D eigenvalue weighted by Crippen LogP contribution is 2.22. The van der Waals surface area contributed by atoms with Gasteiger partial charge >= 0.3 is 6.03 Å². The van der Waals surface area contributed by atoms with E-state index in [2.05, 4.69) is 15.5 Å². The standard InChI is InChI=1S/C22H21F2N5O2/c1-31-17-5-2-15(3-6-17)19-8-9-21(27-26-19)28-10-12-29(13-11-28)22(30)25-20-7-4-16(23)14-18(20)24/h2-9,14H,10-13H2,1H3,(H,25,30). The van der Waals surface area contributed by atoms with Crippen LogP contribution in [0.5, 0.6) is 5.75 Å². The van der Waals surface area contributed by atoms with Crippen LogP contribution in [-0.4, -0.2) is 54.4 Å². The van der Waals surface area contributed by atoms with Crippen molar-refractivity contribution < 1.29 is 18.3 Å². The molecule has 1 aliphatic rings. The Morgan fingerprint density at radius 1 is 0.968 bits per heavy atom. The van der Waals surface area contributed by atoms with Crippen LogP contribution in [0.3, 0.4) is 0 Å². The molecule has 4 rings (SSSR count). The van der Waals surface area contributed by atoms with Crippen LogP contribution in [0.25, 0.3) is 11.3 Å². The summed E-state index contributed by atoms with van der Waals surface area (Å²) in [6.07, 6.45) is 0. The maximum Gasteiger partial charge on any atom is 0.322 e. The minimum atomic E-state index is -0.806. The van der Waals surface area contributed by atoms with E-state index in [4.69, 9.17) is 4.74 Å². The molecule has 1 N–H and O–H groups in total. The number of ether oxygens (including phenoxy) is 1. The maximum atomic E-state index is 13.8. The van der Waals surface area contributed by atoms with Crippen LogP contribution in [0.4, 0.5) is 25.1 Å². The highest BCUT2D eigenvalue weighted by Gasteiger charge is 2.23. The maximum absolute atomic E-state index is 13.8. The van der Waals surface area contributed by atoms with Crippen molar-refractivity contribution >= 4 is 17.5 Å². The zero-order valence-corrected chi connectivity index (χ0v) is 16.9. The van der Waals surface area contributed by atoms with Gasteiger partial charge in [-0.25, -0.2) is 13.6 Å². The minimum absolute atomic E-state index is 0.0474. The zero-order valence-electron chi connectivity index (χ0n) is 16.9. The molecule has 9 heteroatoms. The Bertz CT molecular complexity index is 1050. The molecule has 3 aromatic rings. The van der Waals surface area contributed by atoms with Gasteiger partial charge in [-0.1, -0.05) is 0 Å². The molecule has 0 aliphatic carbocycles. The number of methoxy groups -OCH3 is 1. The number of nitrogens with zero attached hydrogens (tertiary/aromatic N) is 4. The van der Waals surface area contributed by atoms with Crippen molar-refractivity contribution in [1.29, 1.82) is 0 Å². The highest BCUT2D eigenvalue weighted by atomic mass is 19.1. The monoisotopic (exact) mass is 425 g/mol. The fraction of sp³-hybridized carbons (Fsp3) is 0.227. The Morgan fingerprint density at radius 2 is 1.71 bits per heavy atom. The summed E-state index contributed by atoms with van der Waals surface area (Å²) < 4.78 is 31.9. The van der Waals surface area contributed by atoms with Gasteiger partial charge in [-0.15, -0.1) is 10.2 Å². The average Bonchev–Trinajstić information content (AvgIpc) is 2.81. The van der Waals surface area contributed by atoms with Gasteiger partial charge in [0.2, 0.25) is 0 Å². The fourth-order valence-electron chi connectivity index (χ4n) is 3.33. The van der Waals surface area contributed by atoms with Gasteiger partial charge in [0.1, 0.15) is 17.4 Å². The molecule has 1 aromatic heterocycles. The molecule has 0 radical (unpaired) electrons. The Morgan fingerprint density at radius 3 is 2.32 bits per heavy atom. The van der Waals surface area contributed by atoms with Gasteiger partial charge in [0, 0.05) is 37.8 Å². The second kappa shape index (κ2) is 8.95. The summed E-state index contributed by atoms with van der Waals surface area (Å²) in [7, 11) is 1.62. The first-order valence-electron chi connectivity index (χ1n) is 9.77. The van der Waals surface area contributed by atoms with E-state index in [9.17, 15) is 13.6 Å². The molecule has 1 saturated heterocycles. The quantitative estimate of drug-likeness (QED) is 0.689. The van der Waals surface area contributed by atoms with E-state index in [1.165, 1.54) is 6.07 Å². The van der Waals surface area contributed by atoms with Gasteiger partial charge in [0.25, 0.3) is 0 Å². The molecule has 0 spiro atoms. The van der Waals surface area contributed by atoms with Crippen molar-refractivity contribution in [3.05, 3.63) is 66.2 Å². The summed E-state index contributed by atoms with van der Waals surface area (Å²) in [5.74, 6) is 0.00162. The molecule has 2 aromatic carbocycles. The van der Waals surface area contributed by atoms with E-state index in [0.717, 1.165) is 35.0 Å². The second-order valence-electron chi connectivity index (χ2n) is 7.03. The summed E-state index contributed by atoms with van der Waals surface area (Å²) in [5.41, 5.74) is 1.65. The molecule has 160 valence electrons. The van der Waals surface area contributed by atoms with Crippen molar-refractivity contribution in [3.63, 3.8) is 0 Å². The molecular weight excluding hydrogens is 404 g/mol. The number of halogens is 2. The van der Waals surface area contributed by atoms with E-state index < -0.39 is 17.7 Å². The molecule has 1 aliphatic heterocycles. The van der Waals surface area contributed by atoms with Gasteiger partial charge in [-0.3, -0.25) is 0 Å². The molecule has 2 heterocycles.